The van der Waals surface area contributed by atoms with Gasteiger partial charge in [-0.05, 0) is 75.3 Å². The van der Waals surface area contributed by atoms with E-state index in [1.165, 1.54) is 22.3 Å². The molecule has 0 aliphatic heterocycles. The van der Waals surface area contributed by atoms with E-state index in [0.717, 1.165) is 41.3 Å². The molecular weight excluding hydrogens is 432 g/mol. The highest BCUT2D eigenvalue weighted by Gasteiger charge is 2.32. The van der Waals surface area contributed by atoms with Crippen molar-refractivity contribution in [3.05, 3.63) is 46.5 Å². The molecule has 0 spiro atoms. The molecule has 2 aromatic heterocycles. The molecule has 2 aromatic carbocycles. The molecule has 0 aliphatic carbocycles. The second-order valence-corrected chi connectivity index (χ2v) is 14.1. The quantitative estimate of drug-likeness (QED) is 0.308. The monoisotopic (exact) mass is 474 g/mol. The van der Waals surface area contributed by atoms with E-state index in [9.17, 15) is 0 Å². The van der Waals surface area contributed by atoms with Gasteiger partial charge in [0.2, 0.25) is 0 Å². The van der Waals surface area contributed by atoms with Crippen LogP contribution in [0.15, 0.2) is 24.3 Å². The zero-order valence-corrected chi connectivity index (χ0v) is 23.2. The van der Waals surface area contributed by atoms with Crippen molar-refractivity contribution in [1.82, 2.24) is 30.8 Å². The summed E-state index contributed by atoms with van der Waals surface area (Å²) in [6, 6.07) is 9.01. The lowest BCUT2D eigenvalue weighted by molar-refractivity contribution is 0.285. The van der Waals surface area contributed by atoms with Crippen LogP contribution in [-0.4, -0.2) is 30.8 Å². The molecule has 4 aromatic rings. The Morgan fingerprint density at radius 1 is 0.543 bits per heavy atom. The number of hydrogen-bond acceptors (Lipinski definition) is 4. The number of H-pyrrole nitrogens is 2. The van der Waals surface area contributed by atoms with E-state index >= 15 is 0 Å². The first-order chi connectivity index (χ1) is 16.0. The number of nitrogens with one attached hydrogen (secondary N) is 2. The summed E-state index contributed by atoms with van der Waals surface area (Å²) in [5, 5.41) is 23.7. The molecular formula is C29H42N6. The molecule has 35 heavy (non-hydrogen) atoms. The van der Waals surface area contributed by atoms with Crippen LogP contribution >= 0.6 is 0 Å². The second-order valence-electron chi connectivity index (χ2n) is 14.1. The van der Waals surface area contributed by atoms with Gasteiger partial charge in [-0.1, -0.05) is 81.4 Å². The average molecular weight is 475 g/mol. The average Bonchev–Trinajstić information content (AvgIpc) is 3.31. The van der Waals surface area contributed by atoms with Gasteiger partial charge in [0.1, 0.15) is 22.1 Å². The van der Waals surface area contributed by atoms with Gasteiger partial charge >= 0.3 is 0 Å². The number of aromatic amines is 2. The van der Waals surface area contributed by atoms with Crippen LogP contribution in [-0.2, 0) is 17.3 Å². The lowest BCUT2D eigenvalue weighted by Crippen LogP contribution is -2.25. The summed E-state index contributed by atoms with van der Waals surface area (Å²) in [5.74, 6) is 0. The summed E-state index contributed by atoms with van der Waals surface area (Å²) in [7, 11) is 0. The fraction of sp³-hybridized carbons (Fsp3) is 0.586. The zero-order valence-electron chi connectivity index (χ0n) is 23.2. The van der Waals surface area contributed by atoms with E-state index < -0.39 is 0 Å². The largest absolute Gasteiger partial charge is 0.197 e. The van der Waals surface area contributed by atoms with Crippen molar-refractivity contribution in [3.8, 4) is 0 Å². The number of benzene rings is 2. The summed E-state index contributed by atoms with van der Waals surface area (Å²) < 4.78 is 0. The predicted molar refractivity (Wildman–Crippen MR) is 145 cm³/mol. The maximum Gasteiger partial charge on any atom is 0.116 e. The zero-order chi connectivity index (χ0) is 25.8. The smallest absolute Gasteiger partial charge is 0.116 e. The molecule has 188 valence electrons. The fourth-order valence-electron chi connectivity index (χ4n) is 6.33. The maximum atomic E-state index is 4.52. The summed E-state index contributed by atoms with van der Waals surface area (Å²) in [4.78, 5) is 0. The van der Waals surface area contributed by atoms with Crippen molar-refractivity contribution in [2.45, 2.75) is 99.3 Å². The Bertz CT molecular complexity index is 1240. The van der Waals surface area contributed by atoms with Crippen LogP contribution in [0.1, 0.15) is 104 Å². The van der Waals surface area contributed by atoms with Gasteiger partial charge in [-0.2, -0.15) is 30.8 Å². The van der Waals surface area contributed by atoms with Gasteiger partial charge in [-0.3, -0.25) is 0 Å². The van der Waals surface area contributed by atoms with Crippen LogP contribution in [0.5, 0.6) is 0 Å². The molecule has 2 heterocycles. The molecule has 0 bridgehead atoms. The Labute approximate surface area is 209 Å². The van der Waals surface area contributed by atoms with E-state index in [0.29, 0.717) is 0 Å². The molecule has 2 N–H and O–H groups in total. The molecule has 6 heteroatoms. The van der Waals surface area contributed by atoms with Gasteiger partial charge in [0.15, 0.2) is 0 Å². The maximum absolute atomic E-state index is 4.52. The Hall–Kier alpha value is -2.76. The molecule has 0 aliphatic rings. The second kappa shape index (κ2) is 8.42. The minimum atomic E-state index is -0.0285. The van der Waals surface area contributed by atoms with Crippen LogP contribution < -0.4 is 0 Å². The van der Waals surface area contributed by atoms with Crippen molar-refractivity contribution >= 4 is 22.1 Å². The Morgan fingerprint density at radius 3 is 1.26 bits per heavy atom. The first-order valence-corrected chi connectivity index (χ1v) is 12.7. The third-order valence-corrected chi connectivity index (χ3v) is 6.77. The van der Waals surface area contributed by atoms with Crippen LogP contribution in [0, 0.1) is 10.8 Å². The lowest BCUT2D eigenvalue weighted by Gasteiger charge is -2.33. The highest BCUT2D eigenvalue weighted by Crippen LogP contribution is 2.41. The normalized spacial score (nSPS) is 13.8. The number of rotatable bonds is 6. The van der Waals surface area contributed by atoms with Gasteiger partial charge in [-0.25, -0.2) is 0 Å². The molecule has 0 saturated heterocycles. The highest BCUT2D eigenvalue weighted by molar-refractivity contribution is 5.81. The van der Waals surface area contributed by atoms with Gasteiger partial charge in [0.05, 0.1) is 0 Å². The minimum absolute atomic E-state index is 0.0285. The van der Waals surface area contributed by atoms with E-state index in [4.69, 9.17) is 0 Å². The van der Waals surface area contributed by atoms with Gasteiger partial charge in [-0.15, -0.1) is 0 Å². The summed E-state index contributed by atoms with van der Waals surface area (Å²) in [6.07, 6.45) is 2.92. The molecule has 0 radical (unpaired) electrons. The van der Waals surface area contributed by atoms with E-state index in [1.807, 2.05) is 0 Å². The van der Waals surface area contributed by atoms with Crippen molar-refractivity contribution in [2.24, 2.45) is 10.8 Å². The topological polar surface area (TPSA) is 83.1 Å². The number of nitrogens with zero attached hydrogens (tertiary/aromatic N) is 4. The minimum Gasteiger partial charge on any atom is -0.197 e. The van der Waals surface area contributed by atoms with Crippen molar-refractivity contribution in [2.75, 3.05) is 0 Å². The van der Waals surface area contributed by atoms with Gasteiger partial charge in [0.25, 0.3) is 0 Å². The van der Waals surface area contributed by atoms with E-state index in [2.05, 4.69) is 124 Å². The molecule has 0 atom stereocenters. The molecule has 0 fully saturated rings. The summed E-state index contributed by atoms with van der Waals surface area (Å²) >= 11 is 0. The number of aromatic nitrogens is 6. The first-order valence-electron chi connectivity index (χ1n) is 12.7. The molecule has 6 nitrogen and oxygen atoms in total. The Kier molecular flexibility index (Phi) is 6.10. The summed E-state index contributed by atoms with van der Waals surface area (Å²) in [5.41, 5.74) is 9.15. The first kappa shape index (κ1) is 25.3. The van der Waals surface area contributed by atoms with Gasteiger partial charge in [0, 0.05) is 0 Å². The fourth-order valence-corrected chi connectivity index (χ4v) is 6.33. The van der Waals surface area contributed by atoms with E-state index in [1.54, 1.807) is 0 Å². The number of hydrogen-bond donors (Lipinski definition) is 2. The van der Waals surface area contributed by atoms with E-state index in [-0.39, 0.29) is 21.7 Å². The van der Waals surface area contributed by atoms with Crippen LogP contribution in [0.2, 0.25) is 0 Å². The SMILES string of the molecule is CC(C)(C)CC(C)(C)c1cc(Cc2cc(C(C)(C)CC(C)(C)C)c3n[nH]nc3c2)cc2n[nH]nc12. The third kappa shape index (κ3) is 5.57. The number of fused-ring (bicyclic) bond motifs is 2. The lowest BCUT2D eigenvalue weighted by atomic mass is 9.71. The Balaban J connectivity index is 1.78. The Morgan fingerprint density at radius 2 is 0.914 bits per heavy atom. The van der Waals surface area contributed by atoms with Crippen LogP contribution in [0.4, 0.5) is 0 Å². The van der Waals surface area contributed by atoms with Crippen molar-refractivity contribution < 1.29 is 0 Å². The molecule has 0 unspecified atom stereocenters. The predicted octanol–water partition coefficient (Wildman–Crippen LogP) is 7.25. The molecule has 0 saturated carbocycles. The van der Waals surface area contributed by atoms with Crippen LogP contribution in [0.25, 0.3) is 22.1 Å². The molecule has 4 rings (SSSR count). The van der Waals surface area contributed by atoms with Gasteiger partial charge < -0.3 is 0 Å². The third-order valence-electron chi connectivity index (χ3n) is 6.77. The highest BCUT2D eigenvalue weighted by atomic mass is 15.3. The van der Waals surface area contributed by atoms with Crippen LogP contribution in [0.3, 0.4) is 0 Å². The van der Waals surface area contributed by atoms with Crippen molar-refractivity contribution in [1.29, 1.82) is 0 Å². The van der Waals surface area contributed by atoms with Crippen molar-refractivity contribution in [3.63, 3.8) is 0 Å². The standard InChI is InChI=1S/C29H42N6/c1-26(2,3)16-28(7,8)20-12-18(14-22-24(20)32-34-30-22)11-19-13-21(25-23(15-19)31-35-33-25)29(9,10)17-27(4,5)6/h12-15H,11,16-17H2,1-10H3,(H,30,32,34)(H,31,33,35). The summed E-state index contributed by atoms with van der Waals surface area (Å²) in [6.45, 7) is 23.1. The molecule has 0 amide bonds.